The summed E-state index contributed by atoms with van der Waals surface area (Å²) in [5.74, 6) is -3.16. The average Bonchev–Trinajstić information content (AvgIpc) is 2.77. The van der Waals surface area contributed by atoms with Crippen LogP contribution in [0.3, 0.4) is 0 Å². The van der Waals surface area contributed by atoms with Crippen molar-refractivity contribution in [3.63, 3.8) is 0 Å². The van der Waals surface area contributed by atoms with Gasteiger partial charge in [-0.1, -0.05) is 6.92 Å². The van der Waals surface area contributed by atoms with Crippen LogP contribution in [0.5, 0.6) is 0 Å². The molecule has 0 radical (unpaired) electrons. The largest absolute Gasteiger partial charge is 0.478 e. The zero-order chi connectivity index (χ0) is 14.0. The van der Waals surface area contributed by atoms with Gasteiger partial charge in [-0.2, -0.15) is 5.10 Å². The van der Waals surface area contributed by atoms with E-state index in [1.54, 1.807) is 0 Å². The number of rotatable bonds is 4. The summed E-state index contributed by atoms with van der Waals surface area (Å²) >= 11 is 0. The fraction of sp³-hybridized carbons (Fsp3) is 0.231. The van der Waals surface area contributed by atoms with Crippen LogP contribution >= 0.6 is 0 Å². The minimum Gasteiger partial charge on any atom is -0.478 e. The number of benzene rings is 1. The normalized spacial score (nSPS) is 10.7. The lowest BCUT2D eigenvalue weighted by Gasteiger charge is -2.00. The van der Waals surface area contributed by atoms with Gasteiger partial charge in [-0.15, -0.1) is 0 Å². The highest BCUT2D eigenvalue weighted by atomic mass is 19.2. The van der Waals surface area contributed by atoms with Crippen molar-refractivity contribution in [2.24, 2.45) is 0 Å². The monoisotopic (exact) mass is 266 g/mol. The van der Waals surface area contributed by atoms with Gasteiger partial charge in [0.05, 0.1) is 0 Å². The standard InChI is InChI=1S/C13H12F2N2O2/c1-2-5-17-7-9(13(18)19)12(16-17)8-3-4-10(14)11(15)6-8/h3-4,6-7H,2,5H2,1H3,(H,18,19). The number of carboxylic acid groups (broad SMARTS) is 1. The number of hydrogen-bond donors (Lipinski definition) is 1. The summed E-state index contributed by atoms with van der Waals surface area (Å²) in [4.78, 5) is 11.1. The minimum atomic E-state index is -1.15. The Morgan fingerprint density at radius 2 is 2.11 bits per heavy atom. The topological polar surface area (TPSA) is 55.1 Å². The molecule has 6 heteroatoms. The number of aromatic nitrogens is 2. The molecule has 0 aliphatic carbocycles. The fourth-order valence-electron chi connectivity index (χ4n) is 1.78. The van der Waals surface area contributed by atoms with Crippen molar-refractivity contribution in [2.75, 3.05) is 0 Å². The molecule has 100 valence electrons. The molecule has 4 nitrogen and oxygen atoms in total. The van der Waals surface area contributed by atoms with E-state index in [0.717, 1.165) is 18.6 Å². The third-order valence-electron chi connectivity index (χ3n) is 2.64. The molecule has 0 saturated heterocycles. The molecule has 0 saturated carbocycles. The highest BCUT2D eigenvalue weighted by Crippen LogP contribution is 2.24. The van der Waals surface area contributed by atoms with Crippen LogP contribution in [0, 0.1) is 11.6 Å². The van der Waals surface area contributed by atoms with Gasteiger partial charge in [0, 0.05) is 18.3 Å². The first-order chi connectivity index (χ1) is 9.02. The maximum absolute atomic E-state index is 13.2. The smallest absolute Gasteiger partial charge is 0.339 e. The number of aromatic carboxylic acids is 1. The number of nitrogens with zero attached hydrogens (tertiary/aromatic N) is 2. The first-order valence-corrected chi connectivity index (χ1v) is 5.79. The van der Waals surface area contributed by atoms with E-state index in [2.05, 4.69) is 5.10 Å². The first-order valence-electron chi connectivity index (χ1n) is 5.79. The zero-order valence-electron chi connectivity index (χ0n) is 10.2. The third-order valence-corrected chi connectivity index (χ3v) is 2.64. The van der Waals surface area contributed by atoms with Gasteiger partial charge in [-0.05, 0) is 24.6 Å². The summed E-state index contributed by atoms with van der Waals surface area (Å²) < 4.78 is 27.6. The molecular formula is C13H12F2N2O2. The molecule has 1 aromatic heterocycles. The molecule has 0 bridgehead atoms. The van der Waals surface area contributed by atoms with E-state index >= 15 is 0 Å². The van der Waals surface area contributed by atoms with Crippen molar-refractivity contribution in [1.82, 2.24) is 9.78 Å². The van der Waals surface area contributed by atoms with Crippen LogP contribution in [0.4, 0.5) is 8.78 Å². The summed E-state index contributed by atoms with van der Waals surface area (Å²) in [6, 6.07) is 3.21. The maximum Gasteiger partial charge on any atom is 0.339 e. The highest BCUT2D eigenvalue weighted by molar-refractivity contribution is 5.94. The second-order valence-electron chi connectivity index (χ2n) is 4.09. The molecule has 0 aliphatic rings. The van der Waals surface area contributed by atoms with Gasteiger partial charge in [-0.3, -0.25) is 4.68 Å². The average molecular weight is 266 g/mol. The molecule has 19 heavy (non-hydrogen) atoms. The van der Waals surface area contributed by atoms with E-state index in [9.17, 15) is 13.6 Å². The van der Waals surface area contributed by atoms with Gasteiger partial charge in [-0.25, -0.2) is 13.6 Å². The molecule has 0 spiro atoms. The third kappa shape index (κ3) is 2.62. The van der Waals surface area contributed by atoms with Crippen molar-refractivity contribution in [3.8, 4) is 11.3 Å². The maximum atomic E-state index is 13.2. The van der Waals surface area contributed by atoms with Crippen molar-refractivity contribution >= 4 is 5.97 Å². The van der Waals surface area contributed by atoms with E-state index < -0.39 is 17.6 Å². The van der Waals surface area contributed by atoms with Crippen LogP contribution in [0.2, 0.25) is 0 Å². The van der Waals surface area contributed by atoms with Gasteiger partial charge in [0.1, 0.15) is 11.3 Å². The Labute approximate surface area is 108 Å². The van der Waals surface area contributed by atoms with Crippen LogP contribution in [0.25, 0.3) is 11.3 Å². The number of carbonyl (C=O) groups is 1. The van der Waals surface area contributed by atoms with Crippen molar-refractivity contribution < 1.29 is 18.7 Å². The number of halogens is 2. The van der Waals surface area contributed by atoms with Gasteiger partial charge < -0.3 is 5.11 Å². The molecule has 0 unspecified atom stereocenters. The minimum absolute atomic E-state index is 0.0283. The predicted molar refractivity (Wildman–Crippen MR) is 64.8 cm³/mol. The number of hydrogen-bond acceptors (Lipinski definition) is 2. The molecule has 0 fully saturated rings. The molecule has 1 N–H and O–H groups in total. The Balaban J connectivity index is 2.53. The summed E-state index contributed by atoms with van der Waals surface area (Å²) in [6.07, 6.45) is 2.18. The molecular weight excluding hydrogens is 254 g/mol. The SMILES string of the molecule is CCCn1cc(C(=O)O)c(-c2ccc(F)c(F)c2)n1. The molecule has 0 atom stereocenters. The lowest BCUT2D eigenvalue weighted by molar-refractivity contribution is 0.0697. The van der Waals surface area contributed by atoms with E-state index in [-0.39, 0.29) is 16.8 Å². The highest BCUT2D eigenvalue weighted by Gasteiger charge is 2.18. The zero-order valence-corrected chi connectivity index (χ0v) is 10.2. The Bertz CT molecular complexity index is 623. The van der Waals surface area contributed by atoms with E-state index in [1.165, 1.54) is 16.9 Å². The molecule has 0 aliphatic heterocycles. The summed E-state index contributed by atoms with van der Waals surface area (Å²) in [6.45, 7) is 2.49. The van der Waals surface area contributed by atoms with Crippen molar-refractivity contribution in [2.45, 2.75) is 19.9 Å². The molecule has 1 aromatic carbocycles. The van der Waals surface area contributed by atoms with Crippen LogP contribution in [0.1, 0.15) is 23.7 Å². The van der Waals surface area contributed by atoms with Gasteiger partial charge in [0.25, 0.3) is 0 Å². The molecule has 1 heterocycles. The molecule has 2 rings (SSSR count). The Morgan fingerprint density at radius 1 is 1.37 bits per heavy atom. The van der Waals surface area contributed by atoms with Crippen LogP contribution < -0.4 is 0 Å². The van der Waals surface area contributed by atoms with Crippen molar-refractivity contribution in [1.29, 1.82) is 0 Å². The fourth-order valence-corrected chi connectivity index (χ4v) is 1.78. The van der Waals surface area contributed by atoms with E-state index in [4.69, 9.17) is 5.11 Å². The second kappa shape index (κ2) is 5.17. The van der Waals surface area contributed by atoms with Crippen LogP contribution in [0.15, 0.2) is 24.4 Å². The second-order valence-corrected chi connectivity index (χ2v) is 4.09. The van der Waals surface area contributed by atoms with E-state index in [0.29, 0.717) is 6.54 Å². The Kier molecular flexibility index (Phi) is 3.59. The predicted octanol–water partition coefficient (Wildman–Crippen LogP) is 2.94. The number of aryl methyl sites for hydroxylation is 1. The lowest BCUT2D eigenvalue weighted by atomic mass is 10.1. The van der Waals surface area contributed by atoms with Gasteiger partial charge in [0.2, 0.25) is 0 Å². The molecule has 0 amide bonds. The van der Waals surface area contributed by atoms with Crippen molar-refractivity contribution in [3.05, 3.63) is 41.6 Å². The Hall–Kier alpha value is -2.24. The van der Waals surface area contributed by atoms with Crippen LogP contribution in [-0.4, -0.2) is 20.9 Å². The van der Waals surface area contributed by atoms with Crippen LogP contribution in [-0.2, 0) is 6.54 Å². The Morgan fingerprint density at radius 3 is 2.68 bits per heavy atom. The first kappa shape index (κ1) is 13.2. The van der Waals surface area contributed by atoms with Gasteiger partial charge in [0.15, 0.2) is 11.6 Å². The lowest BCUT2D eigenvalue weighted by Crippen LogP contribution is -1.97. The quantitative estimate of drug-likeness (QED) is 0.925. The van der Waals surface area contributed by atoms with Gasteiger partial charge >= 0.3 is 5.97 Å². The van der Waals surface area contributed by atoms with E-state index in [1.807, 2.05) is 6.92 Å². The molecule has 2 aromatic rings. The number of carboxylic acids is 1. The summed E-state index contributed by atoms with van der Waals surface area (Å²) in [5, 5.41) is 13.2. The summed E-state index contributed by atoms with van der Waals surface area (Å²) in [7, 11) is 0. The summed E-state index contributed by atoms with van der Waals surface area (Å²) in [5.41, 5.74) is 0.352.